The Morgan fingerprint density at radius 3 is 2.50 bits per heavy atom. The summed E-state index contributed by atoms with van der Waals surface area (Å²) in [6, 6.07) is 0. The van der Waals surface area contributed by atoms with Gasteiger partial charge in [0, 0.05) is 12.3 Å². The zero-order valence-corrected chi connectivity index (χ0v) is 15.2. The van der Waals surface area contributed by atoms with Crippen LogP contribution in [0.4, 0.5) is 8.78 Å². The lowest BCUT2D eigenvalue weighted by Gasteiger charge is -2.58. The van der Waals surface area contributed by atoms with Crippen molar-refractivity contribution in [2.75, 3.05) is 0 Å². The molecule has 134 valence electrons. The van der Waals surface area contributed by atoms with Crippen molar-refractivity contribution in [1.82, 2.24) is 0 Å². The van der Waals surface area contributed by atoms with E-state index in [2.05, 4.69) is 13.8 Å². The summed E-state index contributed by atoms with van der Waals surface area (Å²) in [6.45, 7) is 5.64. The molecule has 0 aliphatic heterocycles. The highest BCUT2D eigenvalue weighted by atomic mass is 19.3. The summed E-state index contributed by atoms with van der Waals surface area (Å²) >= 11 is 0. The third-order valence-corrected chi connectivity index (χ3v) is 8.57. The third-order valence-electron chi connectivity index (χ3n) is 8.57. The van der Waals surface area contributed by atoms with Gasteiger partial charge in [-0.15, -0.1) is 0 Å². The monoisotopic (exact) mass is 336 g/mol. The van der Waals surface area contributed by atoms with Gasteiger partial charge in [0.2, 0.25) is 5.92 Å². The Kier molecular flexibility index (Phi) is 3.58. The first-order valence-corrected chi connectivity index (χ1v) is 9.78. The van der Waals surface area contributed by atoms with Crippen molar-refractivity contribution in [2.45, 2.75) is 78.1 Å². The van der Waals surface area contributed by atoms with Crippen molar-refractivity contribution < 1.29 is 13.6 Å². The molecule has 24 heavy (non-hydrogen) atoms. The number of hydrogen-bond donors (Lipinski definition) is 0. The Bertz CT molecular complexity index is 589. The molecule has 0 spiro atoms. The molecule has 4 aliphatic carbocycles. The van der Waals surface area contributed by atoms with Crippen molar-refractivity contribution in [3.8, 4) is 0 Å². The summed E-state index contributed by atoms with van der Waals surface area (Å²) in [4.78, 5) is 11.8. The molecule has 4 rings (SSSR count). The lowest BCUT2D eigenvalue weighted by molar-refractivity contribution is -0.127. The number of allylic oxidation sites excluding steroid dienone is 1. The van der Waals surface area contributed by atoms with Gasteiger partial charge in [-0.1, -0.05) is 19.4 Å². The Morgan fingerprint density at radius 1 is 1.04 bits per heavy atom. The number of carbonyl (C=O) groups is 1. The van der Waals surface area contributed by atoms with E-state index in [-0.39, 0.29) is 16.6 Å². The Balaban J connectivity index is 1.66. The van der Waals surface area contributed by atoms with Crippen molar-refractivity contribution in [1.29, 1.82) is 0 Å². The summed E-state index contributed by atoms with van der Waals surface area (Å²) in [6.07, 6.45) is 9.31. The number of hydrogen-bond acceptors (Lipinski definition) is 1. The number of ketones is 1. The van der Waals surface area contributed by atoms with Crippen LogP contribution in [-0.2, 0) is 4.79 Å². The Morgan fingerprint density at radius 2 is 1.79 bits per heavy atom. The minimum atomic E-state index is -2.56. The molecule has 0 aromatic heterocycles. The minimum absolute atomic E-state index is 0.144. The predicted molar refractivity (Wildman–Crippen MR) is 90.8 cm³/mol. The summed E-state index contributed by atoms with van der Waals surface area (Å²) < 4.78 is 28.4. The standard InChI is InChI=1S/C21H30F2O/c1-19-10-8-14(24)12-13(19)4-5-15-16-6-7-18(21(3,22)23)20(16,2)11-9-17(15)19/h12,15-18H,4-11H2,1-3H3/t15-,16-,17-,18-,19-,20-/m0/s1. The van der Waals surface area contributed by atoms with Gasteiger partial charge in [0.1, 0.15) is 0 Å². The average Bonchev–Trinajstić information content (AvgIpc) is 2.85. The highest BCUT2D eigenvalue weighted by molar-refractivity contribution is 5.91. The predicted octanol–water partition coefficient (Wildman–Crippen LogP) is 5.79. The minimum Gasteiger partial charge on any atom is -0.295 e. The van der Waals surface area contributed by atoms with Crippen LogP contribution in [0.2, 0.25) is 0 Å². The quantitative estimate of drug-likeness (QED) is 0.592. The molecule has 0 amide bonds. The van der Waals surface area contributed by atoms with Gasteiger partial charge in [-0.3, -0.25) is 4.79 Å². The largest absolute Gasteiger partial charge is 0.295 e. The van der Waals surface area contributed by atoms with E-state index in [1.807, 2.05) is 6.08 Å². The van der Waals surface area contributed by atoms with E-state index in [0.29, 0.717) is 30.6 Å². The van der Waals surface area contributed by atoms with Gasteiger partial charge in [0.05, 0.1) is 0 Å². The van der Waals surface area contributed by atoms with Gasteiger partial charge in [-0.05, 0) is 86.5 Å². The van der Waals surface area contributed by atoms with Crippen molar-refractivity contribution in [3.05, 3.63) is 11.6 Å². The molecule has 0 bridgehead atoms. The highest BCUT2D eigenvalue weighted by Gasteiger charge is 2.62. The number of rotatable bonds is 1. The number of halogens is 2. The molecule has 0 aromatic rings. The first kappa shape index (κ1) is 16.7. The maximum absolute atomic E-state index is 14.2. The molecule has 3 fully saturated rings. The molecule has 6 atom stereocenters. The lowest BCUT2D eigenvalue weighted by Crippen LogP contribution is -2.52. The van der Waals surface area contributed by atoms with Gasteiger partial charge in [0.25, 0.3) is 0 Å². The van der Waals surface area contributed by atoms with Crippen LogP contribution in [0.1, 0.15) is 72.1 Å². The number of fused-ring (bicyclic) bond motifs is 5. The Labute approximate surface area is 144 Å². The van der Waals surface area contributed by atoms with Gasteiger partial charge >= 0.3 is 0 Å². The van der Waals surface area contributed by atoms with Crippen molar-refractivity contribution in [3.63, 3.8) is 0 Å². The lowest BCUT2D eigenvalue weighted by atomic mass is 9.46. The number of carbonyl (C=O) groups excluding carboxylic acids is 1. The van der Waals surface area contributed by atoms with Crippen LogP contribution in [0.5, 0.6) is 0 Å². The first-order chi connectivity index (χ1) is 11.2. The maximum atomic E-state index is 14.2. The van der Waals surface area contributed by atoms with Crippen LogP contribution < -0.4 is 0 Å². The highest BCUT2D eigenvalue weighted by Crippen LogP contribution is 2.68. The van der Waals surface area contributed by atoms with E-state index >= 15 is 0 Å². The van der Waals surface area contributed by atoms with Gasteiger partial charge < -0.3 is 0 Å². The zero-order valence-electron chi connectivity index (χ0n) is 15.2. The molecule has 0 aromatic carbocycles. The fraction of sp³-hybridized carbons (Fsp3) is 0.857. The molecular weight excluding hydrogens is 306 g/mol. The first-order valence-electron chi connectivity index (χ1n) is 9.78. The molecular formula is C21H30F2O. The van der Waals surface area contributed by atoms with E-state index < -0.39 is 11.8 Å². The van der Waals surface area contributed by atoms with Crippen LogP contribution in [0.15, 0.2) is 11.6 Å². The third kappa shape index (κ3) is 2.18. The SMILES string of the molecule is CC(F)(F)[C@H]1CC[C@H]2[C@@H]3CCC4=CC(=O)CC[C@]4(C)[C@H]3CC[C@]12C. The van der Waals surface area contributed by atoms with Gasteiger partial charge in [-0.2, -0.15) is 0 Å². The average molecular weight is 336 g/mol. The summed E-state index contributed by atoms with van der Waals surface area (Å²) in [5.74, 6) is -1.11. The molecule has 0 unspecified atom stereocenters. The molecule has 3 heteroatoms. The van der Waals surface area contributed by atoms with Gasteiger partial charge in [-0.25, -0.2) is 8.78 Å². The summed E-state index contributed by atoms with van der Waals surface area (Å²) in [5.41, 5.74) is 1.31. The molecule has 0 heterocycles. The fourth-order valence-electron chi connectivity index (χ4n) is 7.39. The van der Waals surface area contributed by atoms with Crippen molar-refractivity contribution >= 4 is 5.78 Å². The second kappa shape index (κ2) is 5.14. The van der Waals surface area contributed by atoms with Gasteiger partial charge in [0.15, 0.2) is 5.78 Å². The summed E-state index contributed by atoms with van der Waals surface area (Å²) in [5, 5.41) is 0. The maximum Gasteiger partial charge on any atom is 0.248 e. The number of alkyl halides is 2. The normalized spacial score (nSPS) is 48.4. The fourth-order valence-corrected chi connectivity index (χ4v) is 7.39. The smallest absolute Gasteiger partial charge is 0.248 e. The molecule has 4 aliphatic rings. The second-order valence-corrected chi connectivity index (χ2v) is 9.60. The Hall–Kier alpha value is -0.730. The molecule has 0 N–H and O–H groups in total. The van der Waals surface area contributed by atoms with E-state index in [9.17, 15) is 13.6 Å². The summed E-state index contributed by atoms with van der Waals surface area (Å²) in [7, 11) is 0. The van der Waals surface area contributed by atoms with E-state index in [1.54, 1.807) is 0 Å². The van der Waals surface area contributed by atoms with Crippen LogP contribution >= 0.6 is 0 Å². The molecule has 3 saturated carbocycles. The molecule has 0 saturated heterocycles. The van der Waals surface area contributed by atoms with Crippen molar-refractivity contribution in [2.24, 2.45) is 34.5 Å². The molecule has 1 nitrogen and oxygen atoms in total. The van der Waals surface area contributed by atoms with E-state index in [0.717, 1.165) is 45.4 Å². The molecule has 0 radical (unpaired) electrons. The second-order valence-electron chi connectivity index (χ2n) is 9.60. The van der Waals surface area contributed by atoms with Crippen LogP contribution in [0.3, 0.4) is 0 Å². The van der Waals surface area contributed by atoms with Crippen LogP contribution in [0, 0.1) is 34.5 Å². The topological polar surface area (TPSA) is 17.1 Å². The van der Waals surface area contributed by atoms with Crippen LogP contribution in [0.25, 0.3) is 0 Å². The van der Waals surface area contributed by atoms with E-state index in [4.69, 9.17) is 0 Å². The zero-order chi connectivity index (χ0) is 17.3. The van der Waals surface area contributed by atoms with E-state index in [1.165, 1.54) is 5.57 Å². The van der Waals surface area contributed by atoms with Crippen LogP contribution in [-0.4, -0.2) is 11.7 Å².